The van der Waals surface area contributed by atoms with Crippen LogP contribution in [0.25, 0.3) is 0 Å². The molecule has 1 aliphatic rings. The summed E-state index contributed by atoms with van der Waals surface area (Å²) in [7, 11) is -2.69. The van der Waals surface area contributed by atoms with Crippen LogP contribution in [0.1, 0.15) is 47.9 Å². The molecule has 0 saturated heterocycles. The lowest BCUT2D eigenvalue weighted by Crippen LogP contribution is -2.59. The maximum atomic E-state index is 3.85. The molecule has 3 aromatic rings. The Balaban J connectivity index is 2.02. The summed E-state index contributed by atoms with van der Waals surface area (Å²) in [6.45, 7) is 6.63. The van der Waals surface area contributed by atoms with E-state index >= 15 is 0 Å². The van der Waals surface area contributed by atoms with Gasteiger partial charge in [0.2, 0.25) is 0 Å². The molecule has 3 aromatic carbocycles. The fraction of sp³-hybridized carbons (Fsp3) is 0.226. The van der Waals surface area contributed by atoms with E-state index in [-0.39, 0.29) is 0 Å². The van der Waals surface area contributed by atoms with Gasteiger partial charge in [0.05, 0.1) is 0 Å². The van der Waals surface area contributed by atoms with Crippen LogP contribution in [-0.4, -0.2) is 8.07 Å². The smallest absolute Gasteiger partial charge is 0.0993 e. The van der Waals surface area contributed by atoms with Crippen LogP contribution in [0.4, 0.5) is 0 Å². The number of benzene rings is 3. The summed E-state index contributed by atoms with van der Waals surface area (Å²) in [5, 5.41) is 2.61. The van der Waals surface area contributed by atoms with Crippen LogP contribution in [0.15, 0.2) is 84.4 Å². The zero-order valence-electron chi connectivity index (χ0n) is 19.3. The highest BCUT2D eigenvalue weighted by atomic mass is 28.3. The van der Waals surface area contributed by atoms with Crippen molar-refractivity contribution >= 4 is 18.4 Å². The van der Waals surface area contributed by atoms with Crippen molar-refractivity contribution in [3.8, 4) is 22.9 Å². The fourth-order valence-corrected chi connectivity index (χ4v) is 8.31. The molecule has 1 atom stereocenters. The van der Waals surface area contributed by atoms with Gasteiger partial charge in [0.15, 0.2) is 0 Å². The fourth-order valence-electron chi connectivity index (χ4n) is 4.72. The van der Waals surface area contributed by atoms with Crippen LogP contribution < -0.4 is 10.4 Å². The third kappa shape index (κ3) is 4.80. The van der Waals surface area contributed by atoms with E-state index in [4.69, 9.17) is 0 Å². The van der Waals surface area contributed by atoms with Crippen LogP contribution in [-0.2, 0) is 0 Å². The van der Waals surface area contributed by atoms with E-state index in [1.165, 1.54) is 45.5 Å². The molecular weight excluding hydrogens is 400 g/mol. The Morgan fingerprint density at radius 1 is 0.719 bits per heavy atom. The molecule has 0 aromatic heterocycles. The molecule has 0 radical (unpaired) electrons. The van der Waals surface area contributed by atoms with Crippen LogP contribution in [0, 0.1) is 43.7 Å². The van der Waals surface area contributed by atoms with Gasteiger partial charge in [-0.2, -0.15) is 0 Å². The molecule has 0 saturated carbocycles. The topological polar surface area (TPSA) is 0 Å². The van der Waals surface area contributed by atoms with Crippen molar-refractivity contribution in [1.29, 1.82) is 0 Å². The lowest BCUT2D eigenvalue weighted by Gasteiger charge is -2.26. The number of allylic oxidation sites excluding steroid dienone is 2. The van der Waals surface area contributed by atoms with Gasteiger partial charge in [-0.3, -0.25) is 0 Å². The molecule has 1 unspecified atom stereocenters. The number of hydrogen-bond donors (Lipinski definition) is 0. The first-order chi connectivity index (χ1) is 15.6. The highest BCUT2D eigenvalue weighted by Crippen LogP contribution is 2.18. The molecule has 0 nitrogen and oxygen atoms in total. The molecule has 0 amide bonds. The monoisotopic (exact) mass is 430 g/mol. The average molecular weight is 431 g/mol. The first kappa shape index (κ1) is 21.9. The molecule has 0 N–H and O–H groups in total. The highest BCUT2D eigenvalue weighted by molar-refractivity contribution is 7.14. The first-order valence-corrected chi connectivity index (χ1v) is 13.5. The van der Waals surface area contributed by atoms with Gasteiger partial charge in [-0.25, -0.2) is 0 Å². The summed E-state index contributed by atoms with van der Waals surface area (Å²) in [6, 6.07) is 25.7. The predicted molar refractivity (Wildman–Crippen MR) is 140 cm³/mol. The Morgan fingerprint density at radius 3 is 1.97 bits per heavy atom. The molecule has 0 fully saturated rings. The quantitative estimate of drug-likeness (QED) is 0.356. The van der Waals surface area contributed by atoms with E-state index in [2.05, 4.69) is 117 Å². The van der Waals surface area contributed by atoms with Crippen molar-refractivity contribution in [3.05, 3.63) is 107 Å². The summed E-state index contributed by atoms with van der Waals surface area (Å²) in [5.74, 6) is 7.16. The zero-order valence-corrected chi connectivity index (χ0v) is 20.3. The van der Waals surface area contributed by atoms with Crippen molar-refractivity contribution in [2.45, 2.75) is 46.5 Å². The summed E-state index contributed by atoms with van der Waals surface area (Å²) >= 11 is 0. The molecule has 0 heterocycles. The van der Waals surface area contributed by atoms with Crippen molar-refractivity contribution in [1.82, 2.24) is 0 Å². The van der Waals surface area contributed by atoms with Gasteiger partial charge in [0.25, 0.3) is 8.07 Å². The van der Waals surface area contributed by atoms with Crippen molar-refractivity contribution < 1.29 is 0 Å². The largest absolute Gasteiger partial charge is 0.277 e. The second-order valence-electron chi connectivity index (χ2n) is 8.73. The Labute approximate surface area is 194 Å². The summed E-state index contributed by atoms with van der Waals surface area (Å²) in [5.41, 5.74) is 13.9. The predicted octanol–water partition coefficient (Wildman–Crippen LogP) is 5.81. The second kappa shape index (κ2) is 9.91. The molecule has 0 bridgehead atoms. The molecule has 158 valence electrons. The van der Waals surface area contributed by atoms with E-state index in [0.717, 1.165) is 18.4 Å². The van der Waals surface area contributed by atoms with Crippen LogP contribution in [0.5, 0.6) is 0 Å². The summed E-state index contributed by atoms with van der Waals surface area (Å²) < 4.78 is 0. The average Bonchev–Trinajstić information content (AvgIpc) is 2.82. The highest BCUT2D eigenvalue weighted by Gasteiger charge is 2.37. The van der Waals surface area contributed by atoms with E-state index in [1.807, 2.05) is 6.07 Å². The lowest BCUT2D eigenvalue weighted by molar-refractivity contribution is 0.715. The van der Waals surface area contributed by atoms with Gasteiger partial charge < -0.3 is 0 Å². The summed E-state index contributed by atoms with van der Waals surface area (Å²) in [6.07, 6.45) is 7.07. The lowest BCUT2D eigenvalue weighted by atomic mass is 10.0. The molecular formula is C31H30Si. The minimum atomic E-state index is -2.69. The summed E-state index contributed by atoms with van der Waals surface area (Å²) in [4.78, 5) is 0. The van der Waals surface area contributed by atoms with Gasteiger partial charge in [-0.1, -0.05) is 95.2 Å². The van der Waals surface area contributed by atoms with Crippen LogP contribution >= 0.6 is 0 Å². The molecule has 0 spiro atoms. The van der Waals surface area contributed by atoms with E-state index in [0.29, 0.717) is 0 Å². The Kier molecular flexibility index (Phi) is 6.80. The van der Waals surface area contributed by atoms with Crippen molar-refractivity contribution in [3.63, 3.8) is 0 Å². The second-order valence-corrected chi connectivity index (χ2v) is 11.8. The standard InChI is InChI=1S/C31H30Si/c1-25-23-26(2)31(27(3)24-25)32(30-17-11-6-12-18-30,21-19-28-13-7-4-8-14-28)22-20-29-15-9-5-10-16-29/h4,6-8,11-15,17-18,23-24H,5,9-10,16H2,1-3H3. The third-order valence-electron chi connectivity index (χ3n) is 6.13. The molecule has 32 heavy (non-hydrogen) atoms. The van der Waals surface area contributed by atoms with E-state index < -0.39 is 8.07 Å². The van der Waals surface area contributed by atoms with Gasteiger partial charge in [0, 0.05) is 5.56 Å². The maximum Gasteiger partial charge on any atom is 0.277 e. The van der Waals surface area contributed by atoms with Crippen LogP contribution in [0.2, 0.25) is 0 Å². The van der Waals surface area contributed by atoms with Gasteiger partial charge >= 0.3 is 0 Å². The van der Waals surface area contributed by atoms with Crippen LogP contribution in [0.3, 0.4) is 0 Å². The maximum absolute atomic E-state index is 3.85. The molecule has 0 aliphatic heterocycles. The van der Waals surface area contributed by atoms with Gasteiger partial charge in [-0.05, 0) is 85.7 Å². The SMILES string of the molecule is Cc1cc(C)c([Si](C#CC2=CCCCC2)(C#Cc2ccccc2)c2ccccc2)c(C)c1. The normalized spacial score (nSPS) is 14.8. The zero-order chi connectivity index (χ0) is 22.4. The third-order valence-corrected chi connectivity index (χ3v) is 9.87. The minimum absolute atomic E-state index is 1.04. The Hall–Kier alpha value is -3.26. The molecule has 1 heteroatoms. The van der Waals surface area contributed by atoms with Gasteiger partial charge in [-0.15, -0.1) is 0 Å². The number of rotatable bonds is 2. The van der Waals surface area contributed by atoms with Crippen molar-refractivity contribution in [2.75, 3.05) is 0 Å². The molecule has 1 aliphatic carbocycles. The first-order valence-electron chi connectivity index (χ1n) is 11.5. The minimum Gasteiger partial charge on any atom is -0.0993 e. The number of hydrogen-bond acceptors (Lipinski definition) is 0. The van der Waals surface area contributed by atoms with E-state index in [9.17, 15) is 0 Å². The van der Waals surface area contributed by atoms with Crippen molar-refractivity contribution in [2.24, 2.45) is 0 Å². The van der Waals surface area contributed by atoms with Gasteiger partial charge in [0.1, 0.15) is 0 Å². The molecule has 4 rings (SSSR count). The Bertz CT molecular complexity index is 1220. The van der Waals surface area contributed by atoms with E-state index in [1.54, 1.807) is 0 Å². The Morgan fingerprint density at radius 2 is 1.34 bits per heavy atom. The number of aryl methyl sites for hydroxylation is 3.